The highest BCUT2D eigenvalue weighted by atomic mass is 32.1. The molecule has 0 N–H and O–H groups in total. The molecule has 0 radical (unpaired) electrons. The van der Waals surface area contributed by atoms with Crippen molar-refractivity contribution in [2.45, 2.75) is 26.4 Å². The first kappa shape index (κ1) is 10.4. The Morgan fingerprint density at radius 3 is 3.08 bits per heavy atom. The van der Waals surface area contributed by atoms with Gasteiger partial charge in [0, 0.05) is 17.9 Å². The zero-order valence-corrected chi connectivity index (χ0v) is 8.60. The lowest BCUT2D eigenvalue weighted by Crippen LogP contribution is -1.97. The molecule has 0 bridgehead atoms. The Bertz CT molecular complexity index is 241. The average Bonchev–Trinajstić information content (AvgIpc) is 2.55. The van der Waals surface area contributed by atoms with E-state index in [9.17, 15) is 4.79 Å². The van der Waals surface area contributed by atoms with Gasteiger partial charge in [0.2, 0.25) is 0 Å². The van der Waals surface area contributed by atoms with Gasteiger partial charge in [0.1, 0.15) is 5.78 Å². The quantitative estimate of drug-likeness (QED) is 0.657. The summed E-state index contributed by atoms with van der Waals surface area (Å²) < 4.78 is 5.39. The molecule has 1 rings (SSSR count). The highest BCUT2D eigenvalue weighted by molar-refractivity contribution is 7.09. The number of hydrogen-bond donors (Lipinski definition) is 0. The van der Waals surface area contributed by atoms with Gasteiger partial charge >= 0.3 is 0 Å². The lowest BCUT2D eigenvalue weighted by Gasteiger charge is -2.00. The van der Waals surface area contributed by atoms with Crippen molar-refractivity contribution >= 4 is 17.1 Å². The molecule has 0 spiro atoms. The summed E-state index contributed by atoms with van der Waals surface area (Å²) in [5.74, 6) is 0.236. The Balaban J connectivity index is 1.99. The van der Waals surface area contributed by atoms with Gasteiger partial charge in [0.25, 0.3) is 0 Å². The highest BCUT2D eigenvalue weighted by Gasteiger charge is 1.95. The molecule has 0 aliphatic rings. The van der Waals surface area contributed by atoms with Crippen LogP contribution in [0.3, 0.4) is 0 Å². The predicted octanol–water partition coefficient (Wildman–Crippen LogP) is 2.63. The molecule has 0 amide bonds. The molecule has 0 saturated carbocycles. The maximum absolute atomic E-state index is 10.6. The summed E-state index contributed by atoms with van der Waals surface area (Å²) >= 11 is 1.70. The first-order valence-corrected chi connectivity index (χ1v) is 5.26. The van der Waals surface area contributed by atoms with Crippen LogP contribution in [0, 0.1) is 0 Å². The third kappa shape index (κ3) is 4.80. The van der Waals surface area contributed by atoms with E-state index in [1.165, 1.54) is 4.88 Å². The van der Waals surface area contributed by atoms with E-state index in [1.807, 2.05) is 11.4 Å². The summed E-state index contributed by atoms with van der Waals surface area (Å²) in [6, 6.07) is 4.06. The number of hydrogen-bond acceptors (Lipinski definition) is 3. The highest BCUT2D eigenvalue weighted by Crippen LogP contribution is 2.09. The van der Waals surface area contributed by atoms with E-state index in [2.05, 4.69) is 6.07 Å². The van der Waals surface area contributed by atoms with Crippen molar-refractivity contribution in [1.82, 2.24) is 0 Å². The summed E-state index contributed by atoms with van der Waals surface area (Å²) in [4.78, 5) is 11.8. The van der Waals surface area contributed by atoms with E-state index in [4.69, 9.17) is 4.74 Å². The van der Waals surface area contributed by atoms with Crippen LogP contribution in [0.25, 0.3) is 0 Å². The summed E-state index contributed by atoms with van der Waals surface area (Å²) in [5.41, 5.74) is 0. The van der Waals surface area contributed by atoms with E-state index in [0.29, 0.717) is 19.6 Å². The molecule has 0 saturated heterocycles. The van der Waals surface area contributed by atoms with Crippen molar-refractivity contribution in [3.63, 3.8) is 0 Å². The van der Waals surface area contributed by atoms with E-state index >= 15 is 0 Å². The Hall–Kier alpha value is -0.670. The van der Waals surface area contributed by atoms with Crippen molar-refractivity contribution in [2.75, 3.05) is 6.61 Å². The van der Waals surface area contributed by atoms with Gasteiger partial charge in [-0.1, -0.05) is 6.07 Å². The summed E-state index contributed by atoms with van der Waals surface area (Å²) in [5, 5.41) is 2.04. The Morgan fingerprint density at radius 1 is 1.62 bits per heavy atom. The maximum Gasteiger partial charge on any atom is 0.129 e. The minimum absolute atomic E-state index is 0.236. The SMILES string of the molecule is CC(=O)CCCOCc1cccs1. The zero-order valence-electron chi connectivity index (χ0n) is 7.79. The molecule has 1 aromatic heterocycles. The van der Waals surface area contributed by atoms with Crippen LogP contribution in [-0.2, 0) is 16.1 Å². The van der Waals surface area contributed by atoms with Crippen LogP contribution in [0.1, 0.15) is 24.6 Å². The smallest absolute Gasteiger partial charge is 0.129 e. The summed E-state index contributed by atoms with van der Waals surface area (Å²) in [6.45, 7) is 2.96. The number of rotatable bonds is 6. The lowest BCUT2D eigenvalue weighted by atomic mass is 10.2. The first-order valence-electron chi connectivity index (χ1n) is 4.38. The van der Waals surface area contributed by atoms with Gasteiger partial charge in [-0.05, 0) is 24.8 Å². The van der Waals surface area contributed by atoms with Gasteiger partial charge in [-0.25, -0.2) is 0 Å². The van der Waals surface area contributed by atoms with Crippen molar-refractivity contribution < 1.29 is 9.53 Å². The minimum atomic E-state index is 0.236. The zero-order chi connectivity index (χ0) is 9.52. The molecule has 0 aliphatic heterocycles. The number of ketones is 1. The fourth-order valence-corrected chi connectivity index (χ4v) is 1.63. The van der Waals surface area contributed by atoms with Crippen LogP contribution in [0.5, 0.6) is 0 Å². The van der Waals surface area contributed by atoms with E-state index < -0.39 is 0 Å². The van der Waals surface area contributed by atoms with E-state index in [-0.39, 0.29) is 5.78 Å². The summed E-state index contributed by atoms with van der Waals surface area (Å²) in [7, 11) is 0. The normalized spacial score (nSPS) is 10.2. The topological polar surface area (TPSA) is 26.3 Å². The van der Waals surface area contributed by atoms with Crippen molar-refractivity contribution in [3.8, 4) is 0 Å². The standard InChI is InChI=1S/C10H14O2S/c1-9(11)4-2-6-12-8-10-5-3-7-13-10/h3,5,7H,2,4,6,8H2,1H3. The maximum atomic E-state index is 10.6. The molecule has 13 heavy (non-hydrogen) atoms. The molecule has 0 unspecified atom stereocenters. The molecule has 0 fully saturated rings. The Kier molecular flexibility index (Phi) is 4.72. The molecular weight excluding hydrogens is 184 g/mol. The van der Waals surface area contributed by atoms with Crippen LogP contribution in [0.2, 0.25) is 0 Å². The van der Waals surface area contributed by atoms with Gasteiger partial charge in [-0.2, -0.15) is 0 Å². The van der Waals surface area contributed by atoms with Crippen molar-refractivity contribution in [1.29, 1.82) is 0 Å². The monoisotopic (exact) mass is 198 g/mol. The minimum Gasteiger partial charge on any atom is -0.376 e. The molecule has 0 aromatic carbocycles. The predicted molar refractivity (Wildman–Crippen MR) is 53.9 cm³/mol. The third-order valence-corrected chi connectivity index (χ3v) is 2.49. The number of ether oxygens (including phenoxy) is 1. The van der Waals surface area contributed by atoms with Crippen LogP contribution in [0.15, 0.2) is 17.5 Å². The fourth-order valence-electron chi connectivity index (χ4n) is 0.991. The van der Waals surface area contributed by atoms with Gasteiger partial charge in [0.15, 0.2) is 0 Å². The molecule has 1 heterocycles. The molecule has 0 aliphatic carbocycles. The van der Waals surface area contributed by atoms with Crippen molar-refractivity contribution in [3.05, 3.63) is 22.4 Å². The Labute approximate surface area is 82.5 Å². The number of carbonyl (C=O) groups excluding carboxylic acids is 1. The second-order valence-electron chi connectivity index (χ2n) is 2.94. The van der Waals surface area contributed by atoms with Crippen LogP contribution >= 0.6 is 11.3 Å². The fraction of sp³-hybridized carbons (Fsp3) is 0.500. The molecule has 2 nitrogen and oxygen atoms in total. The number of thiophene rings is 1. The van der Waals surface area contributed by atoms with Crippen LogP contribution < -0.4 is 0 Å². The molecule has 0 atom stereocenters. The van der Waals surface area contributed by atoms with Gasteiger partial charge in [0.05, 0.1) is 6.61 Å². The first-order chi connectivity index (χ1) is 6.29. The van der Waals surface area contributed by atoms with Crippen molar-refractivity contribution in [2.24, 2.45) is 0 Å². The van der Waals surface area contributed by atoms with E-state index in [0.717, 1.165) is 6.42 Å². The Morgan fingerprint density at radius 2 is 2.46 bits per heavy atom. The largest absolute Gasteiger partial charge is 0.376 e. The van der Waals surface area contributed by atoms with Gasteiger partial charge < -0.3 is 9.53 Å². The second kappa shape index (κ2) is 5.89. The molecule has 72 valence electrons. The number of carbonyl (C=O) groups is 1. The van der Waals surface area contributed by atoms with Gasteiger partial charge in [-0.15, -0.1) is 11.3 Å². The molecule has 1 aromatic rings. The summed E-state index contributed by atoms with van der Waals surface area (Å²) in [6.07, 6.45) is 1.46. The van der Waals surface area contributed by atoms with Crippen LogP contribution in [-0.4, -0.2) is 12.4 Å². The lowest BCUT2D eigenvalue weighted by molar-refractivity contribution is -0.117. The average molecular weight is 198 g/mol. The van der Waals surface area contributed by atoms with Gasteiger partial charge in [-0.3, -0.25) is 0 Å². The van der Waals surface area contributed by atoms with E-state index in [1.54, 1.807) is 18.3 Å². The molecule has 3 heteroatoms. The number of Topliss-reactive ketones (excluding diaryl/α,β-unsaturated/α-hetero) is 1. The second-order valence-corrected chi connectivity index (χ2v) is 3.97. The molecular formula is C10H14O2S. The third-order valence-electron chi connectivity index (χ3n) is 1.64. The van der Waals surface area contributed by atoms with Crippen LogP contribution in [0.4, 0.5) is 0 Å².